The van der Waals surface area contributed by atoms with Gasteiger partial charge in [0, 0.05) is 17.2 Å². The zero-order chi connectivity index (χ0) is 15.4. The van der Waals surface area contributed by atoms with E-state index < -0.39 is 5.97 Å². The molecule has 0 radical (unpaired) electrons. The van der Waals surface area contributed by atoms with E-state index in [-0.39, 0.29) is 5.91 Å². The molecule has 0 saturated carbocycles. The number of thiophene rings is 1. The Hall–Kier alpha value is -2.47. The summed E-state index contributed by atoms with van der Waals surface area (Å²) < 4.78 is 0. The number of nitrogens with zero attached hydrogens (tertiary/aromatic N) is 1. The number of amides is 1. The first kappa shape index (κ1) is 14.9. The van der Waals surface area contributed by atoms with Crippen molar-refractivity contribution >= 4 is 35.1 Å². The van der Waals surface area contributed by atoms with Gasteiger partial charge in [-0.15, -0.1) is 11.3 Å². The third-order valence-electron chi connectivity index (χ3n) is 2.71. The monoisotopic (exact) mass is 302 g/mol. The number of nitrogens with one attached hydrogen (secondary N) is 1. The van der Waals surface area contributed by atoms with Gasteiger partial charge in [0.15, 0.2) is 0 Å². The van der Waals surface area contributed by atoms with Gasteiger partial charge in [0.2, 0.25) is 0 Å². The van der Waals surface area contributed by atoms with E-state index in [0.29, 0.717) is 10.7 Å². The first-order chi connectivity index (χ1) is 9.95. The molecule has 0 saturated heterocycles. The number of hydrogen-bond donors (Lipinski definition) is 2. The van der Waals surface area contributed by atoms with Gasteiger partial charge >= 0.3 is 5.97 Å². The predicted octanol–water partition coefficient (Wildman–Crippen LogP) is 3.11. The van der Waals surface area contributed by atoms with Crippen molar-refractivity contribution in [2.75, 3.05) is 5.32 Å². The maximum absolute atomic E-state index is 12.1. The molecule has 5 nitrogen and oxygen atoms in total. The Morgan fingerprint density at radius 1 is 1.33 bits per heavy atom. The number of rotatable bonds is 4. The molecule has 21 heavy (non-hydrogen) atoms. The van der Waals surface area contributed by atoms with E-state index in [0.717, 1.165) is 22.1 Å². The van der Waals surface area contributed by atoms with E-state index in [1.165, 1.54) is 17.4 Å². The Bertz CT molecular complexity index is 702. The minimum absolute atomic E-state index is 0.255. The summed E-state index contributed by atoms with van der Waals surface area (Å²) in [6, 6.07) is 5.33. The molecule has 0 aliphatic heterocycles. The summed E-state index contributed by atoms with van der Waals surface area (Å²) in [7, 11) is 0. The number of aryl methyl sites for hydroxylation is 2. The lowest BCUT2D eigenvalue weighted by atomic mass is 10.2. The predicted molar refractivity (Wildman–Crippen MR) is 82.7 cm³/mol. The second kappa shape index (κ2) is 6.32. The number of hydrogen-bond acceptors (Lipinski definition) is 4. The third-order valence-corrected chi connectivity index (χ3v) is 3.91. The highest BCUT2D eigenvalue weighted by Gasteiger charge is 2.12. The number of aliphatic carboxylic acids is 1. The quantitative estimate of drug-likeness (QED) is 0.850. The molecule has 108 valence electrons. The van der Waals surface area contributed by atoms with Crippen molar-refractivity contribution in [1.29, 1.82) is 0 Å². The molecule has 2 heterocycles. The number of carbonyl (C=O) groups excluding carboxylic acids is 1. The van der Waals surface area contributed by atoms with E-state index in [4.69, 9.17) is 5.11 Å². The minimum atomic E-state index is -1.02. The lowest BCUT2D eigenvalue weighted by Crippen LogP contribution is -2.11. The van der Waals surface area contributed by atoms with Crippen molar-refractivity contribution in [1.82, 2.24) is 4.98 Å². The molecular formula is C15H14N2O3S. The molecule has 6 heteroatoms. The highest BCUT2D eigenvalue weighted by molar-refractivity contribution is 7.15. The Labute approximate surface area is 126 Å². The van der Waals surface area contributed by atoms with Crippen molar-refractivity contribution in [3.05, 3.63) is 51.4 Å². The van der Waals surface area contributed by atoms with Crippen LogP contribution in [0.3, 0.4) is 0 Å². The van der Waals surface area contributed by atoms with Crippen molar-refractivity contribution in [3.63, 3.8) is 0 Å². The first-order valence-electron chi connectivity index (χ1n) is 6.21. The molecular weight excluding hydrogens is 288 g/mol. The van der Waals surface area contributed by atoms with Crippen LogP contribution in [-0.4, -0.2) is 22.0 Å². The number of aromatic nitrogens is 1. The summed E-state index contributed by atoms with van der Waals surface area (Å²) >= 11 is 1.24. The highest BCUT2D eigenvalue weighted by atomic mass is 32.1. The van der Waals surface area contributed by atoms with Crippen molar-refractivity contribution in [2.45, 2.75) is 13.8 Å². The molecule has 0 aliphatic carbocycles. The van der Waals surface area contributed by atoms with Crippen LogP contribution < -0.4 is 5.32 Å². The molecule has 2 aromatic heterocycles. The number of carboxylic acid groups (broad SMARTS) is 1. The van der Waals surface area contributed by atoms with Crippen LogP contribution in [-0.2, 0) is 4.79 Å². The van der Waals surface area contributed by atoms with Crippen molar-refractivity contribution < 1.29 is 14.7 Å². The van der Waals surface area contributed by atoms with Gasteiger partial charge in [0.05, 0.1) is 4.88 Å². The van der Waals surface area contributed by atoms with Crippen LogP contribution in [0.25, 0.3) is 6.08 Å². The van der Waals surface area contributed by atoms with Gasteiger partial charge < -0.3 is 10.4 Å². The standard InChI is InChI=1S/C15H14N2O3S/c1-9-3-5-13(16-8-9)17-15(20)12-7-10(2)11(21-12)4-6-14(18)19/h3-8H,1-2H3,(H,18,19)(H,16,17,20)/b6-4+. The van der Waals surface area contributed by atoms with Gasteiger partial charge in [0.1, 0.15) is 5.82 Å². The van der Waals surface area contributed by atoms with E-state index in [9.17, 15) is 9.59 Å². The van der Waals surface area contributed by atoms with Crippen molar-refractivity contribution in [3.8, 4) is 0 Å². The van der Waals surface area contributed by atoms with Gasteiger partial charge in [-0.1, -0.05) is 6.07 Å². The first-order valence-corrected chi connectivity index (χ1v) is 7.03. The fourth-order valence-electron chi connectivity index (χ4n) is 1.64. The molecule has 0 fully saturated rings. The topological polar surface area (TPSA) is 79.3 Å². The highest BCUT2D eigenvalue weighted by Crippen LogP contribution is 2.24. The lowest BCUT2D eigenvalue weighted by molar-refractivity contribution is -0.131. The van der Waals surface area contributed by atoms with Gasteiger partial charge in [-0.05, 0) is 43.2 Å². The van der Waals surface area contributed by atoms with Crippen LogP contribution in [0.1, 0.15) is 25.7 Å². The zero-order valence-electron chi connectivity index (χ0n) is 11.6. The summed E-state index contributed by atoms with van der Waals surface area (Å²) in [5.41, 5.74) is 1.88. The second-order valence-corrected chi connectivity index (χ2v) is 5.59. The molecule has 0 bridgehead atoms. The molecule has 2 N–H and O–H groups in total. The zero-order valence-corrected chi connectivity index (χ0v) is 12.4. The van der Waals surface area contributed by atoms with Crippen LogP contribution in [0.4, 0.5) is 5.82 Å². The largest absolute Gasteiger partial charge is 0.478 e. The van der Waals surface area contributed by atoms with Crippen LogP contribution in [0.2, 0.25) is 0 Å². The second-order valence-electron chi connectivity index (χ2n) is 4.50. The molecule has 0 spiro atoms. The molecule has 2 aromatic rings. The Kier molecular flexibility index (Phi) is 4.49. The van der Waals surface area contributed by atoms with Gasteiger partial charge in [-0.2, -0.15) is 0 Å². The summed E-state index contributed by atoms with van der Waals surface area (Å²) in [6.45, 7) is 3.75. The average molecular weight is 302 g/mol. The van der Waals surface area contributed by atoms with Crippen LogP contribution in [0, 0.1) is 13.8 Å². The van der Waals surface area contributed by atoms with Crippen molar-refractivity contribution in [2.24, 2.45) is 0 Å². The lowest BCUT2D eigenvalue weighted by Gasteiger charge is -2.02. The summed E-state index contributed by atoms with van der Waals surface area (Å²) in [6.07, 6.45) is 4.22. The molecule has 0 aromatic carbocycles. The third kappa shape index (κ3) is 4.00. The number of carbonyl (C=O) groups is 2. The van der Waals surface area contributed by atoms with E-state index in [1.807, 2.05) is 19.9 Å². The summed E-state index contributed by atoms with van der Waals surface area (Å²) in [5, 5.41) is 11.3. The Morgan fingerprint density at radius 2 is 2.10 bits per heavy atom. The maximum Gasteiger partial charge on any atom is 0.328 e. The average Bonchev–Trinajstić information content (AvgIpc) is 2.80. The fourth-order valence-corrected chi connectivity index (χ4v) is 2.61. The SMILES string of the molecule is Cc1ccc(NC(=O)c2cc(C)c(/C=C/C(=O)O)s2)nc1. The maximum atomic E-state index is 12.1. The van der Waals surface area contributed by atoms with E-state index in [2.05, 4.69) is 10.3 Å². The molecule has 0 aliphatic rings. The molecule has 2 rings (SSSR count). The van der Waals surface area contributed by atoms with Gasteiger partial charge in [0.25, 0.3) is 5.91 Å². The summed E-state index contributed by atoms with van der Waals surface area (Å²) in [5.74, 6) is -0.786. The summed E-state index contributed by atoms with van der Waals surface area (Å²) in [4.78, 5) is 28.0. The smallest absolute Gasteiger partial charge is 0.328 e. The van der Waals surface area contributed by atoms with Crippen LogP contribution >= 0.6 is 11.3 Å². The van der Waals surface area contributed by atoms with Crippen LogP contribution in [0.5, 0.6) is 0 Å². The normalized spacial score (nSPS) is 10.8. The molecule has 0 unspecified atom stereocenters. The molecule has 0 atom stereocenters. The minimum Gasteiger partial charge on any atom is -0.478 e. The number of anilines is 1. The Morgan fingerprint density at radius 3 is 2.71 bits per heavy atom. The molecule has 1 amide bonds. The van der Waals surface area contributed by atoms with Gasteiger partial charge in [-0.25, -0.2) is 9.78 Å². The van der Waals surface area contributed by atoms with Crippen LogP contribution in [0.15, 0.2) is 30.5 Å². The fraction of sp³-hybridized carbons (Fsp3) is 0.133. The van der Waals surface area contributed by atoms with E-state index >= 15 is 0 Å². The Balaban J connectivity index is 2.14. The number of carboxylic acids is 1. The van der Waals surface area contributed by atoms with E-state index in [1.54, 1.807) is 18.3 Å². The number of pyridine rings is 1. The van der Waals surface area contributed by atoms with Gasteiger partial charge in [-0.3, -0.25) is 4.79 Å².